The van der Waals surface area contributed by atoms with Gasteiger partial charge in [-0.05, 0) is 37.3 Å². The molecule has 5 nitrogen and oxygen atoms in total. The van der Waals surface area contributed by atoms with Gasteiger partial charge < -0.3 is 4.74 Å². The molecule has 0 amide bonds. The number of methoxy groups -OCH3 is 1. The largest absolute Gasteiger partial charge is 0.465 e. The SMILES string of the molecule is COC(=O)c1cccc(S(=O)(=O)N[C@H](C)c2ccc(Cl)s2)c1. The minimum absolute atomic E-state index is 0.00454. The fraction of sp³-hybridized carbons (Fsp3) is 0.214. The number of benzene rings is 1. The summed E-state index contributed by atoms with van der Waals surface area (Å²) in [7, 11) is -2.52. The number of nitrogens with one attached hydrogen (secondary N) is 1. The van der Waals surface area contributed by atoms with Gasteiger partial charge in [-0.2, -0.15) is 0 Å². The van der Waals surface area contributed by atoms with E-state index >= 15 is 0 Å². The first-order valence-electron chi connectivity index (χ1n) is 6.29. The normalized spacial score (nSPS) is 12.9. The van der Waals surface area contributed by atoms with Gasteiger partial charge in [0.05, 0.1) is 27.9 Å². The fourth-order valence-corrected chi connectivity index (χ4v) is 4.23. The van der Waals surface area contributed by atoms with Gasteiger partial charge in [0, 0.05) is 4.88 Å². The lowest BCUT2D eigenvalue weighted by Gasteiger charge is -2.13. The number of hydrogen-bond acceptors (Lipinski definition) is 5. The standard InChI is InChI=1S/C14H14ClNO4S2/c1-9(12-6-7-13(15)21-12)16-22(18,19)11-5-3-4-10(8-11)14(17)20-2/h3-9,16H,1-2H3/t9-/m1/s1. The van der Waals surface area contributed by atoms with Crippen LogP contribution in [0.2, 0.25) is 4.34 Å². The first-order chi connectivity index (χ1) is 10.3. The van der Waals surface area contributed by atoms with Crippen molar-refractivity contribution in [3.63, 3.8) is 0 Å². The predicted molar refractivity (Wildman–Crippen MR) is 85.8 cm³/mol. The van der Waals surface area contributed by atoms with Crippen molar-refractivity contribution in [1.29, 1.82) is 0 Å². The molecule has 118 valence electrons. The van der Waals surface area contributed by atoms with Crippen molar-refractivity contribution in [3.8, 4) is 0 Å². The lowest BCUT2D eigenvalue weighted by Crippen LogP contribution is -2.26. The van der Waals surface area contributed by atoms with Crippen LogP contribution in [0.15, 0.2) is 41.3 Å². The molecule has 2 rings (SSSR count). The number of ether oxygens (including phenoxy) is 1. The number of carbonyl (C=O) groups excluding carboxylic acids is 1. The molecule has 1 heterocycles. The highest BCUT2D eigenvalue weighted by Crippen LogP contribution is 2.27. The number of esters is 1. The van der Waals surface area contributed by atoms with E-state index in [9.17, 15) is 13.2 Å². The van der Waals surface area contributed by atoms with Gasteiger partial charge >= 0.3 is 5.97 Å². The summed E-state index contributed by atoms with van der Waals surface area (Å²) in [5.74, 6) is -0.588. The second kappa shape index (κ2) is 6.78. The summed E-state index contributed by atoms with van der Waals surface area (Å²) in [5.41, 5.74) is 0.178. The molecule has 22 heavy (non-hydrogen) atoms. The van der Waals surface area contributed by atoms with E-state index in [1.54, 1.807) is 19.1 Å². The zero-order valence-electron chi connectivity index (χ0n) is 11.9. The summed E-state index contributed by atoms with van der Waals surface area (Å²) in [6.45, 7) is 1.73. The van der Waals surface area contributed by atoms with Crippen LogP contribution in [0, 0.1) is 0 Å². The van der Waals surface area contributed by atoms with Crippen LogP contribution in [-0.2, 0) is 14.8 Å². The zero-order valence-corrected chi connectivity index (χ0v) is 14.3. The van der Waals surface area contributed by atoms with Crippen LogP contribution in [0.5, 0.6) is 0 Å². The molecule has 0 unspecified atom stereocenters. The van der Waals surface area contributed by atoms with E-state index in [1.807, 2.05) is 0 Å². The molecular weight excluding hydrogens is 346 g/mol. The van der Waals surface area contributed by atoms with E-state index in [0.29, 0.717) is 4.34 Å². The third kappa shape index (κ3) is 3.86. The Morgan fingerprint density at radius 1 is 1.32 bits per heavy atom. The molecule has 0 spiro atoms. The van der Waals surface area contributed by atoms with Gasteiger partial charge in [-0.15, -0.1) is 11.3 Å². The minimum atomic E-state index is -3.76. The second-order valence-corrected chi connectivity index (χ2v) is 7.96. The van der Waals surface area contributed by atoms with E-state index in [0.717, 1.165) is 4.88 Å². The quantitative estimate of drug-likeness (QED) is 0.832. The predicted octanol–water partition coefficient (Wildman–Crippen LogP) is 3.23. The molecule has 0 aliphatic carbocycles. The van der Waals surface area contributed by atoms with Crippen molar-refractivity contribution in [1.82, 2.24) is 4.72 Å². The first kappa shape index (κ1) is 17.0. The molecule has 0 aliphatic heterocycles. The average Bonchev–Trinajstić information content (AvgIpc) is 2.93. The molecule has 1 N–H and O–H groups in total. The number of thiophene rings is 1. The Bertz CT molecular complexity index is 786. The lowest BCUT2D eigenvalue weighted by atomic mass is 10.2. The number of hydrogen-bond donors (Lipinski definition) is 1. The van der Waals surface area contributed by atoms with Gasteiger partial charge in [-0.25, -0.2) is 17.9 Å². The van der Waals surface area contributed by atoms with Crippen molar-refractivity contribution in [3.05, 3.63) is 51.2 Å². The molecule has 0 aliphatic rings. The summed E-state index contributed by atoms with van der Waals surface area (Å²) < 4.78 is 32.5. The van der Waals surface area contributed by atoms with E-state index in [2.05, 4.69) is 9.46 Å². The van der Waals surface area contributed by atoms with Crippen LogP contribution < -0.4 is 4.72 Å². The average molecular weight is 360 g/mol. The van der Waals surface area contributed by atoms with Gasteiger partial charge in [0.15, 0.2) is 0 Å². The maximum Gasteiger partial charge on any atom is 0.337 e. The minimum Gasteiger partial charge on any atom is -0.465 e. The molecular formula is C14H14ClNO4S2. The fourth-order valence-electron chi connectivity index (χ4n) is 1.83. The van der Waals surface area contributed by atoms with Gasteiger partial charge in [0.1, 0.15) is 0 Å². The van der Waals surface area contributed by atoms with E-state index < -0.39 is 22.0 Å². The molecule has 0 saturated heterocycles. The highest BCUT2D eigenvalue weighted by Gasteiger charge is 2.20. The van der Waals surface area contributed by atoms with Crippen molar-refractivity contribution >= 4 is 38.9 Å². The Kier molecular flexibility index (Phi) is 5.23. The van der Waals surface area contributed by atoms with Crippen molar-refractivity contribution < 1.29 is 17.9 Å². The molecule has 8 heteroatoms. The van der Waals surface area contributed by atoms with Crippen molar-refractivity contribution in [2.24, 2.45) is 0 Å². The van der Waals surface area contributed by atoms with Gasteiger partial charge in [0.25, 0.3) is 0 Å². The topological polar surface area (TPSA) is 72.5 Å². The van der Waals surface area contributed by atoms with Gasteiger partial charge in [-0.3, -0.25) is 0 Å². The molecule has 1 aromatic heterocycles. The van der Waals surface area contributed by atoms with Crippen LogP contribution in [-0.4, -0.2) is 21.5 Å². The summed E-state index contributed by atoms with van der Waals surface area (Å²) in [6.07, 6.45) is 0. The molecule has 1 atom stereocenters. The summed E-state index contributed by atoms with van der Waals surface area (Å²) in [5, 5.41) is 0. The van der Waals surface area contributed by atoms with E-state index in [4.69, 9.17) is 11.6 Å². The number of rotatable bonds is 5. The van der Waals surface area contributed by atoms with Gasteiger partial charge in [0.2, 0.25) is 10.0 Å². The second-order valence-electron chi connectivity index (χ2n) is 4.50. The summed E-state index contributed by atoms with van der Waals surface area (Å²) in [4.78, 5) is 12.3. The van der Waals surface area contributed by atoms with Crippen LogP contribution >= 0.6 is 22.9 Å². The Hall–Kier alpha value is -1.41. The molecule has 0 saturated carbocycles. The number of carbonyl (C=O) groups is 1. The molecule has 1 aromatic carbocycles. The lowest BCUT2D eigenvalue weighted by molar-refractivity contribution is 0.0600. The Balaban J connectivity index is 2.25. The third-order valence-electron chi connectivity index (χ3n) is 2.92. The Labute approximate surface area is 137 Å². The summed E-state index contributed by atoms with van der Waals surface area (Å²) in [6, 6.07) is 8.74. The third-order valence-corrected chi connectivity index (χ3v) is 5.87. The molecule has 0 radical (unpaired) electrons. The molecule has 0 bridgehead atoms. The van der Waals surface area contributed by atoms with Crippen LogP contribution in [0.1, 0.15) is 28.2 Å². The maximum absolute atomic E-state index is 12.4. The van der Waals surface area contributed by atoms with Crippen molar-refractivity contribution in [2.75, 3.05) is 7.11 Å². The van der Waals surface area contributed by atoms with Crippen molar-refractivity contribution in [2.45, 2.75) is 17.9 Å². The number of halogens is 1. The summed E-state index contributed by atoms with van der Waals surface area (Å²) >= 11 is 7.16. The Morgan fingerprint density at radius 3 is 2.64 bits per heavy atom. The van der Waals surface area contributed by atoms with Gasteiger partial charge in [-0.1, -0.05) is 17.7 Å². The smallest absolute Gasteiger partial charge is 0.337 e. The first-order valence-corrected chi connectivity index (χ1v) is 8.97. The molecule has 0 fully saturated rings. The van der Waals surface area contributed by atoms with Crippen LogP contribution in [0.3, 0.4) is 0 Å². The monoisotopic (exact) mass is 359 g/mol. The number of sulfonamides is 1. The zero-order chi connectivity index (χ0) is 16.3. The van der Waals surface area contributed by atoms with Crippen LogP contribution in [0.4, 0.5) is 0 Å². The highest BCUT2D eigenvalue weighted by atomic mass is 35.5. The Morgan fingerprint density at radius 2 is 2.05 bits per heavy atom. The maximum atomic E-state index is 12.4. The van der Waals surface area contributed by atoms with Crippen LogP contribution in [0.25, 0.3) is 0 Å². The molecule has 2 aromatic rings. The highest BCUT2D eigenvalue weighted by molar-refractivity contribution is 7.89. The van der Waals surface area contributed by atoms with E-state index in [-0.39, 0.29) is 10.5 Å². The van der Waals surface area contributed by atoms with E-state index in [1.165, 1.54) is 42.7 Å².